The van der Waals surface area contributed by atoms with Gasteiger partial charge in [-0.25, -0.2) is 0 Å². The van der Waals surface area contributed by atoms with E-state index < -0.39 is 11.9 Å². The van der Waals surface area contributed by atoms with Crippen molar-refractivity contribution in [1.29, 1.82) is 0 Å². The SMILES string of the molecule is CC(CC(=O)N(C)CC(C)C(=O)O)NC(=O)C1CCCCC1. The van der Waals surface area contributed by atoms with Crippen LogP contribution in [-0.2, 0) is 14.4 Å². The molecule has 1 rings (SSSR count). The normalized spacial score (nSPS) is 18.3. The van der Waals surface area contributed by atoms with E-state index in [0.717, 1.165) is 25.7 Å². The zero-order valence-electron chi connectivity index (χ0n) is 13.8. The number of amides is 2. The van der Waals surface area contributed by atoms with Crippen LogP contribution >= 0.6 is 0 Å². The topological polar surface area (TPSA) is 86.7 Å². The maximum Gasteiger partial charge on any atom is 0.308 e. The molecule has 1 fully saturated rings. The van der Waals surface area contributed by atoms with Crippen LogP contribution in [0.15, 0.2) is 0 Å². The van der Waals surface area contributed by atoms with E-state index in [9.17, 15) is 14.4 Å². The van der Waals surface area contributed by atoms with Crippen LogP contribution in [0.3, 0.4) is 0 Å². The number of carboxylic acid groups (broad SMARTS) is 1. The number of hydrogen-bond acceptors (Lipinski definition) is 3. The molecule has 6 heteroatoms. The molecule has 0 radical (unpaired) electrons. The summed E-state index contributed by atoms with van der Waals surface area (Å²) in [5, 5.41) is 11.8. The fraction of sp³-hybridized carbons (Fsp3) is 0.812. The Hall–Kier alpha value is -1.59. The summed E-state index contributed by atoms with van der Waals surface area (Å²) in [6, 6.07) is -0.232. The summed E-state index contributed by atoms with van der Waals surface area (Å²) in [6.45, 7) is 3.56. The van der Waals surface area contributed by atoms with Crippen molar-refractivity contribution in [3.63, 3.8) is 0 Å². The first-order valence-corrected chi connectivity index (χ1v) is 8.08. The Morgan fingerprint density at radius 1 is 1.18 bits per heavy atom. The number of nitrogens with zero attached hydrogens (tertiary/aromatic N) is 1. The Morgan fingerprint density at radius 3 is 2.32 bits per heavy atom. The van der Waals surface area contributed by atoms with Crippen molar-refractivity contribution in [2.75, 3.05) is 13.6 Å². The molecule has 126 valence electrons. The van der Waals surface area contributed by atoms with Crippen LogP contribution in [0.1, 0.15) is 52.4 Å². The fourth-order valence-electron chi connectivity index (χ4n) is 2.78. The summed E-state index contributed by atoms with van der Waals surface area (Å²) in [6.07, 6.45) is 5.46. The van der Waals surface area contributed by atoms with Gasteiger partial charge in [0.05, 0.1) is 5.92 Å². The number of hydrogen-bond donors (Lipinski definition) is 2. The van der Waals surface area contributed by atoms with E-state index in [4.69, 9.17) is 5.11 Å². The minimum Gasteiger partial charge on any atom is -0.481 e. The van der Waals surface area contributed by atoms with Crippen LogP contribution in [0.4, 0.5) is 0 Å². The molecular formula is C16H28N2O4. The summed E-state index contributed by atoms with van der Waals surface area (Å²) in [5.74, 6) is -1.54. The minimum absolute atomic E-state index is 0.0431. The smallest absolute Gasteiger partial charge is 0.308 e. The minimum atomic E-state index is -0.918. The molecule has 0 aromatic heterocycles. The maximum atomic E-state index is 12.1. The van der Waals surface area contributed by atoms with Crippen LogP contribution < -0.4 is 5.32 Å². The third-order valence-electron chi connectivity index (χ3n) is 4.24. The van der Waals surface area contributed by atoms with Crippen molar-refractivity contribution in [1.82, 2.24) is 10.2 Å². The van der Waals surface area contributed by atoms with E-state index in [0.29, 0.717) is 0 Å². The van der Waals surface area contributed by atoms with Crippen LogP contribution in [0.25, 0.3) is 0 Å². The second-order valence-electron chi connectivity index (χ2n) is 6.46. The highest BCUT2D eigenvalue weighted by atomic mass is 16.4. The van der Waals surface area contributed by atoms with Gasteiger partial charge in [-0.1, -0.05) is 26.2 Å². The van der Waals surface area contributed by atoms with Crippen molar-refractivity contribution in [3.05, 3.63) is 0 Å². The van der Waals surface area contributed by atoms with Gasteiger partial charge in [-0.2, -0.15) is 0 Å². The van der Waals surface area contributed by atoms with Crippen molar-refractivity contribution in [3.8, 4) is 0 Å². The maximum absolute atomic E-state index is 12.1. The second kappa shape index (κ2) is 8.76. The van der Waals surface area contributed by atoms with Gasteiger partial charge in [0.1, 0.15) is 0 Å². The van der Waals surface area contributed by atoms with Gasteiger partial charge in [-0.3, -0.25) is 14.4 Å². The Kier molecular flexibility index (Phi) is 7.35. The number of nitrogens with one attached hydrogen (secondary N) is 1. The molecule has 0 aromatic rings. The molecule has 6 nitrogen and oxygen atoms in total. The lowest BCUT2D eigenvalue weighted by Crippen LogP contribution is -2.42. The zero-order chi connectivity index (χ0) is 16.7. The van der Waals surface area contributed by atoms with Crippen molar-refractivity contribution in [2.45, 2.75) is 58.4 Å². The molecule has 0 spiro atoms. The van der Waals surface area contributed by atoms with E-state index >= 15 is 0 Å². The number of carbonyl (C=O) groups is 3. The number of carbonyl (C=O) groups excluding carboxylic acids is 2. The number of carboxylic acids is 1. The molecule has 0 aliphatic heterocycles. The Labute approximate surface area is 132 Å². The molecule has 0 bridgehead atoms. The van der Waals surface area contributed by atoms with Crippen molar-refractivity contribution < 1.29 is 19.5 Å². The monoisotopic (exact) mass is 312 g/mol. The van der Waals surface area contributed by atoms with Crippen LogP contribution in [-0.4, -0.2) is 47.4 Å². The zero-order valence-corrected chi connectivity index (χ0v) is 13.8. The van der Waals surface area contributed by atoms with Crippen molar-refractivity contribution in [2.24, 2.45) is 11.8 Å². The highest BCUT2D eigenvalue weighted by molar-refractivity contribution is 5.81. The first-order valence-electron chi connectivity index (χ1n) is 8.08. The van der Waals surface area contributed by atoms with Gasteiger partial charge in [0.25, 0.3) is 0 Å². The fourth-order valence-corrected chi connectivity index (χ4v) is 2.78. The second-order valence-corrected chi connectivity index (χ2v) is 6.46. The summed E-state index contributed by atoms with van der Waals surface area (Å²) >= 11 is 0. The first-order chi connectivity index (χ1) is 10.3. The van der Waals surface area contributed by atoms with Gasteiger partial charge in [-0.15, -0.1) is 0 Å². The molecule has 1 saturated carbocycles. The number of rotatable bonds is 7. The van der Waals surface area contributed by atoms with Crippen LogP contribution in [0, 0.1) is 11.8 Å². The van der Waals surface area contributed by atoms with Gasteiger partial charge < -0.3 is 15.3 Å². The van der Waals surface area contributed by atoms with E-state index in [1.165, 1.54) is 11.3 Å². The molecular weight excluding hydrogens is 284 g/mol. The summed E-state index contributed by atoms with van der Waals surface area (Å²) < 4.78 is 0. The van der Waals surface area contributed by atoms with Gasteiger partial charge in [0.15, 0.2) is 0 Å². The standard InChI is InChI=1S/C16H28N2O4/c1-11(16(21)22)10-18(3)14(19)9-12(2)17-15(20)13-7-5-4-6-8-13/h11-13H,4-10H2,1-3H3,(H,17,20)(H,21,22). The molecule has 2 unspecified atom stereocenters. The molecule has 2 N–H and O–H groups in total. The largest absolute Gasteiger partial charge is 0.481 e. The lowest BCUT2D eigenvalue weighted by Gasteiger charge is -2.25. The molecule has 0 saturated heterocycles. The Balaban J connectivity index is 2.36. The van der Waals surface area contributed by atoms with Crippen LogP contribution in [0.5, 0.6) is 0 Å². The predicted molar refractivity (Wildman–Crippen MR) is 83.2 cm³/mol. The molecule has 0 heterocycles. The van der Waals surface area contributed by atoms with Gasteiger partial charge >= 0.3 is 5.97 Å². The Bertz CT molecular complexity index is 405. The first kappa shape index (κ1) is 18.5. The van der Waals surface area contributed by atoms with E-state index in [-0.39, 0.29) is 36.7 Å². The summed E-state index contributed by atoms with van der Waals surface area (Å²) in [7, 11) is 1.59. The highest BCUT2D eigenvalue weighted by Crippen LogP contribution is 2.23. The van der Waals surface area contributed by atoms with Crippen molar-refractivity contribution >= 4 is 17.8 Å². The van der Waals surface area contributed by atoms with Gasteiger partial charge in [0.2, 0.25) is 11.8 Å². The molecule has 2 atom stereocenters. The lowest BCUT2D eigenvalue weighted by molar-refractivity contribution is -0.142. The lowest BCUT2D eigenvalue weighted by atomic mass is 9.88. The van der Waals surface area contributed by atoms with E-state index in [1.807, 2.05) is 6.92 Å². The highest BCUT2D eigenvalue weighted by Gasteiger charge is 2.24. The van der Waals surface area contributed by atoms with Gasteiger partial charge in [0, 0.05) is 32.0 Å². The van der Waals surface area contributed by atoms with E-state index in [1.54, 1.807) is 14.0 Å². The molecule has 1 aliphatic rings. The summed E-state index contributed by atoms with van der Waals surface area (Å²) in [5.41, 5.74) is 0. The third kappa shape index (κ3) is 6.03. The summed E-state index contributed by atoms with van der Waals surface area (Å²) in [4.78, 5) is 36.4. The Morgan fingerprint density at radius 2 is 1.77 bits per heavy atom. The molecule has 1 aliphatic carbocycles. The third-order valence-corrected chi connectivity index (χ3v) is 4.24. The molecule has 0 aromatic carbocycles. The molecule has 22 heavy (non-hydrogen) atoms. The van der Waals surface area contributed by atoms with Gasteiger partial charge in [-0.05, 0) is 19.8 Å². The van der Waals surface area contributed by atoms with E-state index in [2.05, 4.69) is 5.32 Å². The average Bonchev–Trinajstić information content (AvgIpc) is 2.47. The quantitative estimate of drug-likeness (QED) is 0.748. The molecule has 2 amide bonds. The number of aliphatic carboxylic acids is 1. The predicted octanol–water partition coefficient (Wildman–Crippen LogP) is 1.64. The average molecular weight is 312 g/mol. The van der Waals surface area contributed by atoms with Crippen LogP contribution in [0.2, 0.25) is 0 Å².